The summed E-state index contributed by atoms with van der Waals surface area (Å²) in [5, 5.41) is 10.8. The van der Waals surface area contributed by atoms with Gasteiger partial charge < -0.3 is 9.30 Å². The fourth-order valence-electron chi connectivity index (χ4n) is 3.69. The van der Waals surface area contributed by atoms with Gasteiger partial charge >= 0.3 is 0 Å². The number of hydrogen-bond donors (Lipinski definition) is 0. The number of aliphatic imine (C=N–C) groups is 1. The monoisotopic (exact) mass is 471 g/mol. The molecule has 0 spiro atoms. The van der Waals surface area contributed by atoms with Gasteiger partial charge in [-0.3, -0.25) is 15.1 Å². The minimum Gasteiger partial charge on any atom is -0.494 e. The van der Waals surface area contributed by atoms with Gasteiger partial charge in [0, 0.05) is 50.8 Å². The van der Waals surface area contributed by atoms with Gasteiger partial charge in [-0.1, -0.05) is 11.8 Å². The summed E-state index contributed by atoms with van der Waals surface area (Å²) >= 11 is 1.55. The number of ether oxygens (including phenoxy) is 1. The van der Waals surface area contributed by atoms with E-state index in [-0.39, 0.29) is 5.69 Å². The first-order valence-corrected chi connectivity index (χ1v) is 11.7. The topological polar surface area (TPSA) is 69.7 Å². The summed E-state index contributed by atoms with van der Waals surface area (Å²) in [6.45, 7) is 6.81. The molecule has 0 unspecified atom stereocenters. The van der Waals surface area contributed by atoms with E-state index in [9.17, 15) is 10.1 Å². The molecule has 0 atom stereocenters. The molecule has 0 fully saturated rings. The van der Waals surface area contributed by atoms with Crippen LogP contribution in [0.5, 0.6) is 5.75 Å². The lowest BCUT2D eigenvalue weighted by atomic mass is 10.2. The van der Waals surface area contributed by atoms with Crippen LogP contribution in [0.4, 0.5) is 11.4 Å². The highest BCUT2D eigenvalue weighted by Crippen LogP contribution is 2.30. The molecule has 0 aliphatic rings. The standard InChI is InChI=1S/C27H25N3O3S/c1-4-33-25-11-7-23(8-12-25)29-19(2)17-21(20(29)3)18-28-22-5-13-26(14-6-22)34-27-15-9-24(10-16-27)30(31)32/h5-18H,4H2,1-3H3. The molecule has 172 valence electrons. The molecule has 0 radical (unpaired) electrons. The third kappa shape index (κ3) is 5.38. The van der Waals surface area contributed by atoms with Crippen LogP contribution in [-0.4, -0.2) is 22.3 Å². The quantitative estimate of drug-likeness (QED) is 0.154. The zero-order valence-electron chi connectivity index (χ0n) is 19.3. The number of nitrogens with zero attached hydrogens (tertiary/aromatic N) is 3. The van der Waals surface area contributed by atoms with Gasteiger partial charge in [0.2, 0.25) is 0 Å². The summed E-state index contributed by atoms with van der Waals surface area (Å²) in [6, 6.07) is 24.7. The van der Waals surface area contributed by atoms with Gasteiger partial charge in [0.1, 0.15) is 5.75 Å². The Morgan fingerprint density at radius 3 is 2.18 bits per heavy atom. The predicted octanol–water partition coefficient (Wildman–Crippen LogP) is 7.30. The summed E-state index contributed by atoms with van der Waals surface area (Å²) in [5.74, 6) is 0.866. The van der Waals surface area contributed by atoms with Crippen LogP contribution in [0.15, 0.2) is 93.6 Å². The van der Waals surface area contributed by atoms with E-state index in [0.717, 1.165) is 43.9 Å². The average molecular weight is 472 g/mol. The van der Waals surface area contributed by atoms with Crippen molar-refractivity contribution < 1.29 is 9.66 Å². The summed E-state index contributed by atoms with van der Waals surface area (Å²) in [5.41, 5.74) is 5.37. The third-order valence-corrected chi connectivity index (χ3v) is 6.36. The Kier molecular flexibility index (Phi) is 7.13. The van der Waals surface area contributed by atoms with Crippen molar-refractivity contribution in [3.05, 3.63) is 106 Å². The highest BCUT2D eigenvalue weighted by molar-refractivity contribution is 7.99. The number of benzene rings is 3. The summed E-state index contributed by atoms with van der Waals surface area (Å²) in [7, 11) is 0. The van der Waals surface area contributed by atoms with Gasteiger partial charge in [-0.15, -0.1) is 0 Å². The van der Waals surface area contributed by atoms with Gasteiger partial charge in [0.05, 0.1) is 17.2 Å². The van der Waals surface area contributed by atoms with E-state index < -0.39 is 4.92 Å². The van der Waals surface area contributed by atoms with E-state index >= 15 is 0 Å². The number of aryl methyl sites for hydroxylation is 1. The molecule has 3 aromatic carbocycles. The lowest BCUT2D eigenvalue weighted by molar-refractivity contribution is -0.384. The summed E-state index contributed by atoms with van der Waals surface area (Å²) < 4.78 is 7.76. The zero-order valence-corrected chi connectivity index (χ0v) is 20.1. The maximum Gasteiger partial charge on any atom is 0.269 e. The second-order valence-electron chi connectivity index (χ2n) is 7.69. The lowest BCUT2D eigenvalue weighted by Crippen LogP contribution is -2.00. The van der Waals surface area contributed by atoms with Crippen molar-refractivity contribution in [2.24, 2.45) is 4.99 Å². The Morgan fingerprint density at radius 1 is 0.971 bits per heavy atom. The fourth-order valence-corrected chi connectivity index (χ4v) is 4.51. The smallest absolute Gasteiger partial charge is 0.269 e. The van der Waals surface area contributed by atoms with Crippen LogP contribution in [0.25, 0.3) is 5.69 Å². The van der Waals surface area contributed by atoms with Crippen LogP contribution in [0.2, 0.25) is 0 Å². The maximum atomic E-state index is 10.8. The molecule has 0 aliphatic heterocycles. The first-order valence-electron chi connectivity index (χ1n) is 10.9. The molecule has 0 aliphatic carbocycles. The first kappa shape index (κ1) is 23.3. The van der Waals surface area contributed by atoms with Crippen molar-refractivity contribution in [3.8, 4) is 11.4 Å². The minimum absolute atomic E-state index is 0.0934. The van der Waals surface area contributed by atoms with Gasteiger partial charge in [-0.25, -0.2) is 0 Å². The number of hydrogen-bond acceptors (Lipinski definition) is 5. The first-order chi connectivity index (χ1) is 16.4. The zero-order chi connectivity index (χ0) is 24.1. The number of non-ortho nitro benzene ring substituents is 1. The molecule has 4 rings (SSSR count). The number of nitro benzene ring substituents is 1. The Morgan fingerprint density at radius 2 is 1.59 bits per heavy atom. The van der Waals surface area contributed by atoms with E-state index in [1.165, 1.54) is 12.1 Å². The van der Waals surface area contributed by atoms with E-state index in [1.54, 1.807) is 23.9 Å². The van der Waals surface area contributed by atoms with Crippen molar-refractivity contribution >= 4 is 29.4 Å². The van der Waals surface area contributed by atoms with E-state index in [2.05, 4.69) is 41.6 Å². The molecule has 6 nitrogen and oxygen atoms in total. The normalized spacial score (nSPS) is 11.1. The Balaban J connectivity index is 1.46. The predicted molar refractivity (Wildman–Crippen MR) is 137 cm³/mol. The highest BCUT2D eigenvalue weighted by atomic mass is 32.2. The Bertz CT molecular complexity index is 1310. The van der Waals surface area contributed by atoms with Crippen molar-refractivity contribution in [2.75, 3.05) is 6.61 Å². The molecule has 34 heavy (non-hydrogen) atoms. The third-order valence-electron chi connectivity index (χ3n) is 5.35. The molecule has 0 saturated carbocycles. The van der Waals surface area contributed by atoms with Crippen LogP contribution >= 0.6 is 11.8 Å². The van der Waals surface area contributed by atoms with Crippen molar-refractivity contribution in [1.82, 2.24) is 4.57 Å². The summed E-state index contributed by atoms with van der Waals surface area (Å²) in [6.07, 6.45) is 1.89. The number of aromatic nitrogens is 1. The molecule has 0 bridgehead atoms. The highest BCUT2D eigenvalue weighted by Gasteiger charge is 2.10. The Hall–Kier alpha value is -3.84. The SMILES string of the molecule is CCOc1ccc(-n2c(C)cc(C=Nc3ccc(Sc4ccc([N+](=O)[O-])cc4)cc3)c2C)cc1. The molecular weight excluding hydrogens is 446 g/mol. The number of nitro groups is 1. The second-order valence-corrected chi connectivity index (χ2v) is 8.84. The molecule has 0 amide bonds. The molecular formula is C27H25N3O3S. The summed E-state index contributed by atoms with van der Waals surface area (Å²) in [4.78, 5) is 17.1. The van der Waals surface area contributed by atoms with Crippen LogP contribution in [0.3, 0.4) is 0 Å². The van der Waals surface area contributed by atoms with Gasteiger partial charge in [0.25, 0.3) is 5.69 Å². The molecule has 0 N–H and O–H groups in total. The molecule has 0 saturated heterocycles. The van der Waals surface area contributed by atoms with Crippen molar-refractivity contribution in [2.45, 2.75) is 30.6 Å². The molecule has 1 aromatic heterocycles. The maximum absolute atomic E-state index is 10.8. The Labute approximate surface area is 203 Å². The lowest BCUT2D eigenvalue weighted by Gasteiger charge is -2.11. The van der Waals surface area contributed by atoms with E-state index in [1.807, 2.05) is 49.5 Å². The van der Waals surface area contributed by atoms with Gasteiger partial charge in [-0.05, 0) is 87.5 Å². The van der Waals surface area contributed by atoms with Crippen LogP contribution in [-0.2, 0) is 0 Å². The average Bonchev–Trinajstić information content (AvgIpc) is 3.12. The number of rotatable bonds is 8. The van der Waals surface area contributed by atoms with Crippen molar-refractivity contribution in [1.29, 1.82) is 0 Å². The molecule has 4 aromatic rings. The van der Waals surface area contributed by atoms with Gasteiger partial charge in [0.15, 0.2) is 0 Å². The van der Waals surface area contributed by atoms with E-state index in [0.29, 0.717) is 6.61 Å². The molecule has 7 heteroatoms. The van der Waals surface area contributed by atoms with Gasteiger partial charge in [-0.2, -0.15) is 0 Å². The second kappa shape index (κ2) is 10.4. The van der Waals surface area contributed by atoms with Crippen LogP contribution < -0.4 is 4.74 Å². The van der Waals surface area contributed by atoms with Crippen molar-refractivity contribution in [3.63, 3.8) is 0 Å². The van der Waals surface area contributed by atoms with E-state index in [4.69, 9.17) is 4.74 Å². The van der Waals surface area contributed by atoms with Crippen LogP contribution in [0.1, 0.15) is 23.9 Å². The fraction of sp³-hybridized carbons (Fsp3) is 0.148. The molecule has 1 heterocycles. The minimum atomic E-state index is -0.392. The largest absolute Gasteiger partial charge is 0.494 e. The van der Waals surface area contributed by atoms with Crippen LogP contribution in [0, 0.1) is 24.0 Å².